The van der Waals surface area contributed by atoms with E-state index in [1.165, 1.54) is 5.56 Å². The summed E-state index contributed by atoms with van der Waals surface area (Å²) in [6.45, 7) is 5.48. The van der Waals surface area contributed by atoms with Crippen LogP contribution in [0.3, 0.4) is 0 Å². The van der Waals surface area contributed by atoms with E-state index in [-0.39, 0.29) is 30.1 Å². The van der Waals surface area contributed by atoms with Gasteiger partial charge in [0.05, 0.1) is 5.69 Å². The molecule has 6 heteroatoms. The summed E-state index contributed by atoms with van der Waals surface area (Å²) in [7, 11) is 0. The summed E-state index contributed by atoms with van der Waals surface area (Å²) >= 11 is 0. The number of benzene rings is 2. The fourth-order valence-corrected chi connectivity index (χ4v) is 4.25. The van der Waals surface area contributed by atoms with E-state index in [1.54, 1.807) is 18.2 Å². The van der Waals surface area contributed by atoms with Gasteiger partial charge in [-0.2, -0.15) is 0 Å². The Balaban J connectivity index is 1.36. The van der Waals surface area contributed by atoms with Crippen LogP contribution in [-0.2, 0) is 11.2 Å². The molecular formula is C25H28N2O4. The number of likely N-dealkylation sites (tertiary alicyclic amines) is 1. The molecule has 0 unspecified atom stereocenters. The Kier molecular flexibility index (Phi) is 6.07. The predicted molar refractivity (Wildman–Crippen MR) is 119 cm³/mol. The zero-order valence-electron chi connectivity index (χ0n) is 18.0. The number of ether oxygens (including phenoxy) is 1. The molecular weight excluding hydrogens is 392 g/mol. The Morgan fingerprint density at radius 2 is 1.74 bits per heavy atom. The topological polar surface area (TPSA) is 75.7 Å². The maximum atomic E-state index is 13.0. The van der Waals surface area contributed by atoms with Crippen LogP contribution in [-0.4, -0.2) is 42.2 Å². The molecule has 0 atom stereocenters. The fourth-order valence-electron chi connectivity index (χ4n) is 4.25. The minimum absolute atomic E-state index is 0.00671. The molecule has 162 valence electrons. The molecule has 0 spiro atoms. The number of rotatable bonds is 5. The Morgan fingerprint density at radius 3 is 2.42 bits per heavy atom. The highest BCUT2D eigenvalue weighted by Crippen LogP contribution is 2.31. The van der Waals surface area contributed by atoms with Crippen molar-refractivity contribution in [1.29, 1.82) is 0 Å². The largest absolute Gasteiger partial charge is 0.482 e. The predicted octanol–water partition coefficient (Wildman–Crippen LogP) is 3.95. The molecule has 31 heavy (non-hydrogen) atoms. The minimum atomic E-state index is -0.221. The van der Waals surface area contributed by atoms with Gasteiger partial charge in [-0.25, -0.2) is 0 Å². The third-order valence-corrected chi connectivity index (χ3v) is 5.89. The number of fused-ring (bicyclic) bond motifs is 1. The van der Waals surface area contributed by atoms with Gasteiger partial charge in [0.1, 0.15) is 5.75 Å². The molecule has 1 N–H and O–H groups in total. The van der Waals surface area contributed by atoms with Gasteiger partial charge in [-0.15, -0.1) is 0 Å². The lowest BCUT2D eigenvalue weighted by Gasteiger charge is -2.31. The van der Waals surface area contributed by atoms with E-state index in [0.717, 1.165) is 6.42 Å². The zero-order chi connectivity index (χ0) is 22.0. The number of ketones is 1. The molecule has 1 fully saturated rings. The first kappa shape index (κ1) is 21.1. The van der Waals surface area contributed by atoms with Gasteiger partial charge >= 0.3 is 0 Å². The second-order valence-corrected chi connectivity index (χ2v) is 8.77. The van der Waals surface area contributed by atoms with Crippen LogP contribution < -0.4 is 10.1 Å². The lowest BCUT2D eigenvalue weighted by molar-refractivity contribution is -0.118. The summed E-state index contributed by atoms with van der Waals surface area (Å²) in [5.74, 6) is 0.883. The summed E-state index contributed by atoms with van der Waals surface area (Å²) in [6.07, 6.45) is 2.27. The van der Waals surface area contributed by atoms with Gasteiger partial charge in [0.15, 0.2) is 12.4 Å². The van der Waals surface area contributed by atoms with Crippen molar-refractivity contribution in [3.63, 3.8) is 0 Å². The Bertz CT molecular complexity index is 989. The molecule has 6 nitrogen and oxygen atoms in total. The van der Waals surface area contributed by atoms with Crippen molar-refractivity contribution in [2.45, 2.75) is 33.1 Å². The van der Waals surface area contributed by atoms with Gasteiger partial charge in [0.2, 0.25) is 0 Å². The Labute approximate surface area is 182 Å². The van der Waals surface area contributed by atoms with E-state index in [9.17, 15) is 14.4 Å². The Hall–Kier alpha value is -3.15. The average Bonchev–Trinajstić information content (AvgIpc) is 2.78. The van der Waals surface area contributed by atoms with Crippen LogP contribution in [0.4, 0.5) is 5.69 Å². The van der Waals surface area contributed by atoms with Crippen molar-refractivity contribution in [1.82, 2.24) is 4.90 Å². The van der Waals surface area contributed by atoms with E-state index in [2.05, 4.69) is 19.2 Å². The monoisotopic (exact) mass is 420 g/mol. The van der Waals surface area contributed by atoms with Crippen molar-refractivity contribution < 1.29 is 19.1 Å². The lowest BCUT2D eigenvalue weighted by Crippen LogP contribution is -2.40. The highest BCUT2D eigenvalue weighted by molar-refractivity contribution is 6.02. The van der Waals surface area contributed by atoms with Gasteiger partial charge in [-0.1, -0.05) is 26.0 Å². The SMILES string of the molecule is CC(C)Cc1ccc(C(=O)N2CCC(C(=O)c3ccc4c(c3)NC(=O)CO4)CC2)cc1. The summed E-state index contributed by atoms with van der Waals surface area (Å²) in [5.41, 5.74) is 3.04. The number of nitrogens with one attached hydrogen (secondary N) is 1. The average molecular weight is 421 g/mol. The molecule has 1 saturated heterocycles. The second-order valence-electron chi connectivity index (χ2n) is 8.77. The van der Waals surface area contributed by atoms with E-state index >= 15 is 0 Å². The molecule has 2 heterocycles. The highest BCUT2D eigenvalue weighted by Gasteiger charge is 2.29. The summed E-state index contributed by atoms with van der Waals surface area (Å²) in [4.78, 5) is 39.2. The van der Waals surface area contributed by atoms with Gasteiger partial charge in [-0.3, -0.25) is 14.4 Å². The lowest BCUT2D eigenvalue weighted by atomic mass is 9.88. The molecule has 0 saturated carbocycles. The third kappa shape index (κ3) is 4.79. The van der Waals surface area contributed by atoms with Crippen LogP contribution >= 0.6 is 0 Å². The van der Waals surface area contributed by atoms with Crippen LogP contribution in [0.1, 0.15) is 53.0 Å². The number of hydrogen-bond acceptors (Lipinski definition) is 4. The van der Waals surface area contributed by atoms with E-state index in [0.29, 0.717) is 54.4 Å². The van der Waals surface area contributed by atoms with Crippen LogP contribution in [0.15, 0.2) is 42.5 Å². The number of nitrogens with zero attached hydrogens (tertiary/aromatic N) is 1. The number of anilines is 1. The molecule has 0 aliphatic carbocycles. The molecule has 0 bridgehead atoms. The van der Waals surface area contributed by atoms with Crippen LogP contribution in [0, 0.1) is 11.8 Å². The van der Waals surface area contributed by atoms with Crippen LogP contribution in [0.2, 0.25) is 0 Å². The van der Waals surface area contributed by atoms with Gasteiger partial charge in [-0.05, 0) is 61.1 Å². The summed E-state index contributed by atoms with van der Waals surface area (Å²) in [5, 5.41) is 2.74. The van der Waals surface area contributed by atoms with Crippen LogP contribution in [0.25, 0.3) is 0 Å². The first-order chi connectivity index (χ1) is 14.9. The normalized spacial score (nSPS) is 16.5. The number of Topliss-reactive ketones (excluding diaryl/α,β-unsaturated/α-hetero) is 1. The zero-order valence-corrected chi connectivity index (χ0v) is 18.0. The number of carbonyl (C=O) groups excluding carboxylic acids is 3. The number of piperidine rings is 1. The molecule has 2 aromatic carbocycles. The standard InChI is InChI=1S/C25H28N2O4/c1-16(2)13-17-3-5-19(6-4-17)25(30)27-11-9-18(10-12-27)24(29)20-7-8-22-21(14-20)26-23(28)15-31-22/h3-8,14,16,18H,9-13,15H2,1-2H3,(H,26,28). The number of hydrogen-bond donors (Lipinski definition) is 1. The maximum absolute atomic E-state index is 13.0. The summed E-state index contributed by atoms with van der Waals surface area (Å²) < 4.78 is 5.36. The van der Waals surface area contributed by atoms with Crippen molar-refractivity contribution in [2.75, 3.05) is 25.0 Å². The van der Waals surface area contributed by atoms with E-state index < -0.39 is 0 Å². The molecule has 0 aromatic heterocycles. The fraction of sp³-hybridized carbons (Fsp3) is 0.400. The quantitative estimate of drug-likeness (QED) is 0.743. The van der Waals surface area contributed by atoms with Gasteiger partial charge < -0.3 is 15.0 Å². The minimum Gasteiger partial charge on any atom is -0.482 e. The van der Waals surface area contributed by atoms with Crippen molar-refractivity contribution >= 4 is 23.3 Å². The smallest absolute Gasteiger partial charge is 0.262 e. The number of carbonyl (C=O) groups is 3. The van der Waals surface area contributed by atoms with Gasteiger partial charge in [0, 0.05) is 30.1 Å². The maximum Gasteiger partial charge on any atom is 0.262 e. The van der Waals surface area contributed by atoms with Crippen molar-refractivity contribution in [3.8, 4) is 5.75 Å². The molecule has 2 amide bonds. The third-order valence-electron chi connectivity index (χ3n) is 5.89. The molecule has 2 aliphatic rings. The molecule has 2 aromatic rings. The first-order valence-corrected chi connectivity index (χ1v) is 10.9. The number of amides is 2. The van der Waals surface area contributed by atoms with Crippen molar-refractivity contribution in [3.05, 3.63) is 59.2 Å². The Morgan fingerprint density at radius 1 is 1.06 bits per heavy atom. The molecule has 4 rings (SSSR count). The second kappa shape index (κ2) is 8.92. The highest BCUT2D eigenvalue weighted by atomic mass is 16.5. The first-order valence-electron chi connectivity index (χ1n) is 10.9. The molecule has 0 radical (unpaired) electrons. The van der Waals surface area contributed by atoms with Crippen molar-refractivity contribution in [2.24, 2.45) is 11.8 Å². The molecule has 2 aliphatic heterocycles. The summed E-state index contributed by atoms with van der Waals surface area (Å²) in [6, 6.07) is 13.0. The van der Waals surface area contributed by atoms with E-state index in [4.69, 9.17) is 4.74 Å². The van der Waals surface area contributed by atoms with E-state index in [1.807, 2.05) is 29.2 Å². The van der Waals surface area contributed by atoms with Gasteiger partial charge in [0.25, 0.3) is 11.8 Å². The van der Waals surface area contributed by atoms with Crippen LogP contribution in [0.5, 0.6) is 5.75 Å².